The van der Waals surface area contributed by atoms with Crippen LogP contribution in [0.5, 0.6) is 0 Å². The average Bonchev–Trinajstić information content (AvgIpc) is 2.71. The highest BCUT2D eigenvalue weighted by atomic mass is 35.5. The minimum Gasteiger partial charge on any atom is -0.316 e. The second kappa shape index (κ2) is 5.96. The lowest BCUT2D eigenvalue weighted by molar-refractivity contribution is 0.858. The van der Waals surface area contributed by atoms with Crippen LogP contribution in [0.3, 0.4) is 0 Å². The fourth-order valence-corrected chi connectivity index (χ4v) is 2.57. The molecule has 0 aromatic carbocycles. The molecule has 1 aromatic heterocycles. The van der Waals surface area contributed by atoms with Gasteiger partial charge in [-0.2, -0.15) is 5.26 Å². The van der Waals surface area contributed by atoms with E-state index in [-0.39, 0.29) is 12.4 Å². The Balaban J connectivity index is 0.00000112. The lowest BCUT2D eigenvalue weighted by Gasteiger charge is -2.07. The van der Waals surface area contributed by atoms with E-state index in [9.17, 15) is 0 Å². The van der Waals surface area contributed by atoms with Crippen molar-refractivity contribution in [1.29, 1.82) is 5.26 Å². The number of hydrogen-bond donors (Lipinski definition) is 1. The van der Waals surface area contributed by atoms with Crippen LogP contribution >= 0.6 is 24.2 Å². The second-order valence-electron chi connectivity index (χ2n) is 3.20. The van der Waals surface area contributed by atoms with Gasteiger partial charge in [-0.15, -0.1) is 24.2 Å². The van der Waals surface area contributed by atoms with Gasteiger partial charge < -0.3 is 5.32 Å². The quantitative estimate of drug-likeness (QED) is 0.858. The topological polar surface area (TPSA) is 48.7 Å². The number of pyridine rings is 1. The molecule has 1 aromatic rings. The third-order valence-corrected chi connectivity index (χ3v) is 3.47. The summed E-state index contributed by atoms with van der Waals surface area (Å²) in [7, 11) is 0. The Morgan fingerprint density at radius 3 is 3.13 bits per heavy atom. The summed E-state index contributed by atoms with van der Waals surface area (Å²) >= 11 is 1.71. The molecule has 0 unspecified atom stereocenters. The number of rotatable bonds is 2. The molecule has 1 aliphatic heterocycles. The van der Waals surface area contributed by atoms with E-state index in [0.29, 0.717) is 10.8 Å². The Morgan fingerprint density at radius 1 is 1.60 bits per heavy atom. The fraction of sp³-hybridized carbons (Fsp3) is 0.400. The van der Waals surface area contributed by atoms with Crippen molar-refractivity contribution in [3.8, 4) is 6.07 Å². The van der Waals surface area contributed by atoms with Crippen molar-refractivity contribution >= 4 is 24.2 Å². The maximum absolute atomic E-state index is 8.87. The van der Waals surface area contributed by atoms with Crippen molar-refractivity contribution in [1.82, 2.24) is 10.3 Å². The van der Waals surface area contributed by atoms with Crippen LogP contribution in [0.2, 0.25) is 0 Å². The van der Waals surface area contributed by atoms with Gasteiger partial charge in [-0.3, -0.25) is 0 Å². The van der Waals surface area contributed by atoms with Crippen molar-refractivity contribution < 1.29 is 0 Å². The van der Waals surface area contributed by atoms with E-state index in [1.807, 2.05) is 6.07 Å². The summed E-state index contributed by atoms with van der Waals surface area (Å²) in [6, 6.07) is 5.78. The van der Waals surface area contributed by atoms with Gasteiger partial charge in [0.1, 0.15) is 11.1 Å². The van der Waals surface area contributed by atoms with Crippen LogP contribution in [0.15, 0.2) is 23.4 Å². The largest absolute Gasteiger partial charge is 0.316 e. The van der Waals surface area contributed by atoms with Gasteiger partial charge in [-0.25, -0.2) is 4.98 Å². The Hall–Kier alpha value is -0.760. The van der Waals surface area contributed by atoms with Gasteiger partial charge >= 0.3 is 0 Å². The molecule has 5 heteroatoms. The van der Waals surface area contributed by atoms with Crippen LogP contribution in [0, 0.1) is 11.3 Å². The summed E-state index contributed by atoms with van der Waals surface area (Å²) in [6.07, 6.45) is 2.90. The molecule has 0 bridgehead atoms. The molecule has 1 saturated heterocycles. The van der Waals surface area contributed by atoms with E-state index in [4.69, 9.17) is 5.26 Å². The normalized spacial score (nSPS) is 19.3. The van der Waals surface area contributed by atoms with Gasteiger partial charge in [0.2, 0.25) is 0 Å². The molecule has 0 saturated carbocycles. The highest BCUT2D eigenvalue weighted by Crippen LogP contribution is 2.27. The van der Waals surface area contributed by atoms with Crippen molar-refractivity contribution in [3.05, 3.63) is 23.9 Å². The van der Waals surface area contributed by atoms with Crippen molar-refractivity contribution in [2.75, 3.05) is 13.1 Å². The molecule has 1 atom stereocenters. The molecule has 0 radical (unpaired) electrons. The standard InChI is InChI=1S/C10H11N3S.ClH/c11-6-8-2-1-4-13-10(8)14-9-3-5-12-7-9;/h1-2,4,9,12H,3,5,7H2;1H/t9-;/m0./s1. The maximum Gasteiger partial charge on any atom is 0.114 e. The minimum atomic E-state index is 0. The van der Waals surface area contributed by atoms with Crippen molar-refractivity contribution in [3.63, 3.8) is 0 Å². The third-order valence-electron chi connectivity index (χ3n) is 2.19. The van der Waals surface area contributed by atoms with E-state index in [1.165, 1.54) is 0 Å². The molecule has 0 aliphatic carbocycles. The minimum absolute atomic E-state index is 0. The number of nitrogens with one attached hydrogen (secondary N) is 1. The molecule has 80 valence electrons. The monoisotopic (exact) mass is 241 g/mol. The van der Waals surface area contributed by atoms with Gasteiger partial charge in [-0.05, 0) is 25.1 Å². The number of thioether (sulfide) groups is 1. The highest BCUT2D eigenvalue weighted by Gasteiger charge is 2.17. The Kier molecular flexibility index (Phi) is 4.89. The van der Waals surface area contributed by atoms with Crippen LogP contribution in [0.25, 0.3) is 0 Å². The molecule has 1 aliphatic rings. The first-order chi connectivity index (χ1) is 6.90. The zero-order valence-electron chi connectivity index (χ0n) is 8.14. The SMILES string of the molecule is Cl.N#Cc1cccnc1S[C@H]1CCNC1. The Labute approximate surface area is 99.7 Å². The highest BCUT2D eigenvalue weighted by molar-refractivity contribution is 8.00. The number of hydrogen-bond acceptors (Lipinski definition) is 4. The smallest absolute Gasteiger partial charge is 0.114 e. The Bertz CT molecular complexity index is 358. The first kappa shape index (κ1) is 12.3. The van der Waals surface area contributed by atoms with Crippen LogP contribution in [0.1, 0.15) is 12.0 Å². The lowest BCUT2D eigenvalue weighted by Crippen LogP contribution is -2.10. The van der Waals surface area contributed by atoms with Gasteiger partial charge in [0.05, 0.1) is 5.56 Å². The first-order valence-electron chi connectivity index (χ1n) is 4.62. The van der Waals surface area contributed by atoms with Crippen molar-refractivity contribution in [2.45, 2.75) is 16.7 Å². The van der Waals surface area contributed by atoms with Gasteiger partial charge in [0.15, 0.2) is 0 Å². The lowest BCUT2D eigenvalue weighted by atomic mass is 10.3. The zero-order chi connectivity index (χ0) is 9.80. The number of nitrogens with zero attached hydrogens (tertiary/aromatic N) is 2. The summed E-state index contributed by atoms with van der Waals surface area (Å²) in [6.45, 7) is 2.10. The van der Waals surface area contributed by atoms with E-state index in [2.05, 4.69) is 16.4 Å². The van der Waals surface area contributed by atoms with Gasteiger partial charge in [0.25, 0.3) is 0 Å². The van der Waals surface area contributed by atoms with E-state index in [0.717, 1.165) is 24.5 Å². The molecule has 2 rings (SSSR count). The predicted molar refractivity (Wildman–Crippen MR) is 63.3 cm³/mol. The molecule has 0 amide bonds. The zero-order valence-corrected chi connectivity index (χ0v) is 9.77. The molecule has 2 heterocycles. The maximum atomic E-state index is 8.87. The molecular formula is C10H12ClN3S. The van der Waals surface area contributed by atoms with E-state index >= 15 is 0 Å². The first-order valence-corrected chi connectivity index (χ1v) is 5.50. The van der Waals surface area contributed by atoms with Gasteiger partial charge in [0, 0.05) is 18.0 Å². The molecule has 1 fully saturated rings. The van der Waals surface area contributed by atoms with Gasteiger partial charge in [-0.1, -0.05) is 0 Å². The number of halogens is 1. The summed E-state index contributed by atoms with van der Waals surface area (Å²) in [5.74, 6) is 0. The number of nitriles is 1. The van der Waals surface area contributed by atoms with Crippen LogP contribution in [-0.4, -0.2) is 23.3 Å². The molecule has 0 spiro atoms. The molecular weight excluding hydrogens is 230 g/mol. The summed E-state index contributed by atoms with van der Waals surface area (Å²) < 4.78 is 0. The van der Waals surface area contributed by atoms with Crippen LogP contribution < -0.4 is 5.32 Å². The second-order valence-corrected chi connectivity index (χ2v) is 4.49. The van der Waals surface area contributed by atoms with E-state index < -0.39 is 0 Å². The third kappa shape index (κ3) is 3.10. The Morgan fingerprint density at radius 2 is 2.47 bits per heavy atom. The van der Waals surface area contributed by atoms with E-state index in [1.54, 1.807) is 24.0 Å². The molecule has 1 N–H and O–H groups in total. The summed E-state index contributed by atoms with van der Waals surface area (Å²) in [5, 5.41) is 13.6. The van der Waals surface area contributed by atoms with Crippen LogP contribution in [-0.2, 0) is 0 Å². The summed E-state index contributed by atoms with van der Waals surface area (Å²) in [5.41, 5.74) is 0.685. The van der Waals surface area contributed by atoms with Crippen LogP contribution in [0.4, 0.5) is 0 Å². The predicted octanol–water partition coefficient (Wildman–Crippen LogP) is 1.83. The summed E-state index contributed by atoms with van der Waals surface area (Å²) in [4.78, 5) is 4.23. The molecule has 3 nitrogen and oxygen atoms in total. The average molecular weight is 242 g/mol. The fourth-order valence-electron chi connectivity index (χ4n) is 1.46. The van der Waals surface area contributed by atoms with Crippen molar-refractivity contribution in [2.24, 2.45) is 0 Å². The number of aromatic nitrogens is 1. The molecule has 15 heavy (non-hydrogen) atoms.